The summed E-state index contributed by atoms with van der Waals surface area (Å²) in [5.41, 5.74) is 1.13. The molecule has 0 fully saturated rings. The van der Waals surface area contributed by atoms with Crippen molar-refractivity contribution in [3.05, 3.63) is 23.8 Å². The molecule has 0 saturated heterocycles. The molecule has 0 bridgehead atoms. The van der Waals surface area contributed by atoms with Gasteiger partial charge in [0.15, 0.2) is 0 Å². The van der Waals surface area contributed by atoms with Crippen LogP contribution in [0.3, 0.4) is 0 Å². The molecular formula is C19H26Br2N4O4. The van der Waals surface area contributed by atoms with E-state index in [1.54, 1.807) is 32.2 Å². The van der Waals surface area contributed by atoms with Crippen LogP contribution in [0.1, 0.15) is 36.5 Å². The van der Waals surface area contributed by atoms with Crippen molar-refractivity contribution in [1.29, 1.82) is 0 Å². The molecular weight excluding hydrogens is 508 g/mol. The molecule has 1 atom stereocenters. The molecule has 160 valence electrons. The number of amides is 3. The second kappa shape index (κ2) is 13.4. The van der Waals surface area contributed by atoms with E-state index in [9.17, 15) is 19.2 Å². The van der Waals surface area contributed by atoms with Crippen LogP contribution in [0.2, 0.25) is 0 Å². The maximum absolute atomic E-state index is 12.5. The highest BCUT2D eigenvalue weighted by molar-refractivity contribution is 9.09. The molecule has 0 aliphatic carbocycles. The van der Waals surface area contributed by atoms with E-state index in [4.69, 9.17) is 0 Å². The van der Waals surface area contributed by atoms with Gasteiger partial charge in [0.1, 0.15) is 5.78 Å². The maximum atomic E-state index is 12.5. The van der Waals surface area contributed by atoms with Crippen molar-refractivity contribution in [2.24, 2.45) is 0 Å². The molecule has 0 radical (unpaired) electrons. The molecule has 1 aromatic carbocycles. The van der Waals surface area contributed by atoms with Gasteiger partial charge in [-0.3, -0.25) is 19.2 Å². The van der Waals surface area contributed by atoms with Crippen LogP contribution in [-0.2, 0) is 14.4 Å². The number of halogens is 2. The van der Waals surface area contributed by atoms with E-state index in [0.717, 1.165) is 12.8 Å². The number of ketones is 1. The molecule has 10 heteroatoms. The van der Waals surface area contributed by atoms with Crippen LogP contribution in [0, 0.1) is 0 Å². The average molecular weight is 534 g/mol. The molecule has 0 spiro atoms. The van der Waals surface area contributed by atoms with E-state index in [-0.39, 0.29) is 40.2 Å². The van der Waals surface area contributed by atoms with Crippen LogP contribution >= 0.6 is 31.9 Å². The fraction of sp³-hybridized carbons (Fsp3) is 0.474. The first kappa shape index (κ1) is 25.3. The smallest absolute Gasteiger partial charge is 0.251 e. The van der Waals surface area contributed by atoms with Crippen molar-refractivity contribution >= 4 is 66.7 Å². The Bertz CT molecular complexity index is 707. The quantitative estimate of drug-likeness (QED) is 0.243. The first-order valence-electron chi connectivity index (χ1n) is 9.13. The number of carbonyl (C=O) groups excluding carboxylic acids is 4. The third-order valence-corrected chi connectivity index (χ3v) is 5.07. The van der Waals surface area contributed by atoms with Gasteiger partial charge in [0.05, 0.1) is 16.7 Å². The molecule has 3 amide bonds. The number of hydrogen-bond donors (Lipinski definition) is 4. The zero-order valence-corrected chi connectivity index (χ0v) is 19.6. The number of nitrogens with one attached hydrogen (secondary N) is 4. The highest BCUT2D eigenvalue weighted by Crippen LogP contribution is 2.20. The Morgan fingerprint density at radius 2 is 1.48 bits per heavy atom. The van der Waals surface area contributed by atoms with Gasteiger partial charge in [0, 0.05) is 23.5 Å². The number of Topliss-reactive ketones (excluding diaryl/α,β-unsaturated/α-hetero) is 1. The molecule has 0 aliphatic heterocycles. The van der Waals surface area contributed by atoms with Crippen molar-refractivity contribution in [3.8, 4) is 0 Å². The monoisotopic (exact) mass is 532 g/mol. The summed E-state index contributed by atoms with van der Waals surface area (Å²) in [5.74, 6) is -0.766. The fourth-order valence-corrected chi connectivity index (χ4v) is 2.90. The largest absolute Gasteiger partial charge is 0.352 e. The lowest BCUT2D eigenvalue weighted by atomic mass is 10.1. The summed E-state index contributed by atoms with van der Waals surface area (Å²) in [6.07, 6.45) is 2.22. The van der Waals surface area contributed by atoms with Gasteiger partial charge in [-0.25, -0.2) is 0 Å². The number of rotatable bonds is 12. The van der Waals surface area contributed by atoms with Gasteiger partial charge in [0.2, 0.25) is 11.8 Å². The lowest BCUT2D eigenvalue weighted by molar-refractivity contribution is -0.119. The molecule has 0 saturated carbocycles. The van der Waals surface area contributed by atoms with E-state index in [2.05, 4.69) is 53.1 Å². The zero-order valence-electron chi connectivity index (χ0n) is 16.4. The van der Waals surface area contributed by atoms with Crippen molar-refractivity contribution in [2.75, 3.05) is 34.9 Å². The number of unbranched alkanes of at least 4 members (excludes halogenated alkanes) is 1. The van der Waals surface area contributed by atoms with Crippen LogP contribution in [0.15, 0.2) is 18.2 Å². The number of alkyl halides is 2. The van der Waals surface area contributed by atoms with Crippen molar-refractivity contribution in [1.82, 2.24) is 10.6 Å². The Labute approximate surface area is 187 Å². The van der Waals surface area contributed by atoms with Gasteiger partial charge in [-0.2, -0.15) is 0 Å². The molecule has 0 aliphatic rings. The van der Waals surface area contributed by atoms with Crippen LogP contribution in [0.4, 0.5) is 11.4 Å². The molecule has 4 N–H and O–H groups in total. The highest BCUT2D eigenvalue weighted by Gasteiger charge is 2.13. The van der Waals surface area contributed by atoms with Gasteiger partial charge in [-0.15, -0.1) is 0 Å². The average Bonchev–Trinajstić information content (AvgIpc) is 2.69. The minimum atomic E-state index is -0.314. The van der Waals surface area contributed by atoms with Crippen molar-refractivity contribution in [3.63, 3.8) is 0 Å². The lowest BCUT2D eigenvalue weighted by Crippen LogP contribution is -2.32. The van der Waals surface area contributed by atoms with Crippen LogP contribution < -0.4 is 21.3 Å². The molecule has 0 unspecified atom stereocenters. The predicted octanol–water partition coefficient (Wildman–Crippen LogP) is 2.43. The number of likely N-dealkylation sites (N-methyl/N-ethyl adjacent to an activating group) is 1. The predicted molar refractivity (Wildman–Crippen MR) is 121 cm³/mol. The minimum absolute atomic E-state index is 0.0944. The normalized spacial score (nSPS) is 11.4. The fourth-order valence-electron chi connectivity index (χ4n) is 2.62. The molecule has 29 heavy (non-hydrogen) atoms. The van der Waals surface area contributed by atoms with E-state index >= 15 is 0 Å². The Kier molecular flexibility index (Phi) is 11.7. The third kappa shape index (κ3) is 9.51. The summed E-state index contributed by atoms with van der Waals surface area (Å²) in [6, 6.07) is 4.51. The Hall–Kier alpha value is -1.78. The Balaban J connectivity index is 2.73. The van der Waals surface area contributed by atoms with Crippen molar-refractivity contribution in [2.45, 2.75) is 32.2 Å². The third-order valence-electron chi connectivity index (χ3n) is 4.05. The Morgan fingerprint density at radius 3 is 1.93 bits per heavy atom. The molecule has 1 rings (SSSR count). The van der Waals surface area contributed by atoms with Gasteiger partial charge in [0.25, 0.3) is 5.91 Å². The first-order chi connectivity index (χ1) is 13.8. The number of anilines is 2. The number of carbonyl (C=O) groups is 4. The summed E-state index contributed by atoms with van der Waals surface area (Å²) >= 11 is 6.14. The summed E-state index contributed by atoms with van der Waals surface area (Å²) in [6.45, 7) is 2.00. The van der Waals surface area contributed by atoms with Crippen LogP contribution in [-0.4, -0.2) is 53.8 Å². The van der Waals surface area contributed by atoms with E-state index in [1.165, 1.54) is 0 Å². The summed E-state index contributed by atoms with van der Waals surface area (Å²) in [5, 5.41) is 11.3. The van der Waals surface area contributed by atoms with Crippen molar-refractivity contribution < 1.29 is 19.2 Å². The molecule has 1 aromatic rings. The van der Waals surface area contributed by atoms with Crippen LogP contribution in [0.25, 0.3) is 0 Å². The second-order valence-electron chi connectivity index (χ2n) is 6.37. The number of hydrogen-bond acceptors (Lipinski definition) is 5. The lowest BCUT2D eigenvalue weighted by Gasteiger charge is -2.13. The SMILES string of the molecule is CN[C@@H](CCCCNC(=O)c1cc(NC(=O)CBr)cc(NC(=O)CBr)c1)C(C)=O. The molecule has 0 heterocycles. The highest BCUT2D eigenvalue weighted by atomic mass is 79.9. The Morgan fingerprint density at radius 1 is 0.931 bits per heavy atom. The maximum Gasteiger partial charge on any atom is 0.251 e. The zero-order chi connectivity index (χ0) is 21.8. The van der Waals surface area contributed by atoms with E-state index < -0.39 is 0 Å². The van der Waals surface area contributed by atoms with E-state index in [0.29, 0.717) is 29.9 Å². The van der Waals surface area contributed by atoms with Crippen LogP contribution in [0.5, 0.6) is 0 Å². The van der Waals surface area contributed by atoms with Gasteiger partial charge in [-0.05, 0) is 51.4 Å². The number of benzene rings is 1. The summed E-state index contributed by atoms with van der Waals surface area (Å²) < 4.78 is 0. The van der Waals surface area contributed by atoms with Gasteiger partial charge in [-0.1, -0.05) is 31.9 Å². The van der Waals surface area contributed by atoms with E-state index in [1.807, 2.05) is 0 Å². The minimum Gasteiger partial charge on any atom is -0.352 e. The summed E-state index contributed by atoms with van der Waals surface area (Å²) in [4.78, 5) is 47.2. The summed E-state index contributed by atoms with van der Waals surface area (Å²) in [7, 11) is 1.75. The topological polar surface area (TPSA) is 116 Å². The first-order valence-corrected chi connectivity index (χ1v) is 11.4. The second-order valence-corrected chi connectivity index (χ2v) is 7.49. The molecule has 0 aromatic heterocycles. The standard InChI is InChI=1S/C19H26Br2N4O4/c1-12(26)16(22-2)5-3-4-6-23-19(29)13-7-14(24-17(27)10-20)9-15(8-13)25-18(28)11-21/h7-9,16,22H,3-6,10-11H2,1-2H3,(H,23,29)(H,24,27)(H,25,28)/t16-/m0/s1. The molecule has 8 nitrogen and oxygen atoms in total. The van der Waals surface area contributed by atoms with Gasteiger partial charge >= 0.3 is 0 Å². The van der Waals surface area contributed by atoms with Gasteiger partial charge < -0.3 is 21.3 Å².